The normalized spacial score (nSPS) is 15.9. The molecule has 0 radical (unpaired) electrons. The van der Waals surface area contributed by atoms with E-state index in [1.807, 2.05) is 6.07 Å². The Morgan fingerprint density at radius 2 is 1.87 bits per heavy atom. The Hall–Kier alpha value is -3.03. The number of hydrogen-bond donors (Lipinski definition) is 3. The van der Waals surface area contributed by atoms with E-state index in [9.17, 15) is 18.0 Å². The molecule has 0 aliphatic heterocycles. The number of aliphatic imine (C=N–C) groups is 1. The van der Waals surface area contributed by atoms with Crippen LogP contribution < -0.4 is 16.4 Å². The van der Waals surface area contributed by atoms with Crippen molar-refractivity contribution in [2.45, 2.75) is 37.4 Å². The van der Waals surface area contributed by atoms with Crippen LogP contribution in [-0.4, -0.2) is 25.5 Å². The zero-order valence-corrected chi connectivity index (χ0v) is 16.7. The lowest BCUT2D eigenvalue weighted by atomic mass is 9.64. The lowest BCUT2D eigenvalue weighted by Gasteiger charge is -2.43. The summed E-state index contributed by atoms with van der Waals surface area (Å²) in [5.74, 6) is 0.0464. The Morgan fingerprint density at radius 1 is 1.13 bits per heavy atom. The number of amides is 1. The molecule has 30 heavy (non-hydrogen) atoms. The summed E-state index contributed by atoms with van der Waals surface area (Å²) in [6, 6.07) is 12.6. The number of rotatable bonds is 6. The summed E-state index contributed by atoms with van der Waals surface area (Å²) in [7, 11) is 1.63. The van der Waals surface area contributed by atoms with Gasteiger partial charge < -0.3 is 16.4 Å². The van der Waals surface area contributed by atoms with Crippen LogP contribution in [0.2, 0.25) is 0 Å². The van der Waals surface area contributed by atoms with Gasteiger partial charge in [-0.15, -0.1) is 0 Å². The first-order chi connectivity index (χ1) is 14.2. The van der Waals surface area contributed by atoms with Crippen LogP contribution in [0.3, 0.4) is 0 Å². The predicted octanol–water partition coefficient (Wildman–Crippen LogP) is 3.59. The highest BCUT2D eigenvalue weighted by Gasteiger charge is 2.40. The number of nitrogens with two attached hydrogens (primary N) is 1. The Balaban J connectivity index is 1.65. The van der Waals surface area contributed by atoms with Gasteiger partial charge in [0.15, 0.2) is 5.96 Å². The van der Waals surface area contributed by atoms with Gasteiger partial charge in [0.2, 0.25) is 5.91 Å². The molecular weight excluding hydrogens is 393 g/mol. The zero-order chi connectivity index (χ0) is 21.8. The van der Waals surface area contributed by atoms with Crippen molar-refractivity contribution in [3.05, 3.63) is 70.8 Å². The van der Waals surface area contributed by atoms with E-state index in [-0.39, 0.29) is 5.41 Å². The fraction of sp³-hybridized carbons (Fsp3) is 0.364. The van der Waals surface area contributed by atoms with Crippen LogP contribution in [0.4, 0.5) is 13.2 Å². The summed E-state index contributed by atoms with van der Waals surface area (Å²) >= 11 is 0. The van der Waals surface area contributed by atoms with E-state index < -0.39 is 17.6 Å². The maximum atomic E-state index is 13.1. The average molecular weight is 418 g/mol. The van der Waals surface area contributed by atoms with E-state index in [0.717, 1.165) is 30.9 Å². The lowest BCUT2D eigenvalue weighted by Crippen LogP contribution is -2.48. The summed E-state index contributed by atoms with van der Waals surface area (Å²) in [6.07, 6.45) is -1.74. The van der Waals surface area contributed by atoms with Crippen molar-refractivity contribution in [1.29, 1.82) is 0 Å². The van der Waals surface area contributed by atoms with Crippen LogP contribution in [0.5, 0.6) is 0 Å². The second-order valence-corrected chi connectivity index (χ2v) is 7.56. The largest absolute Gasteiger partial charge is 0.416 e. The van der Waals surface area contributed by atoms with Gasteiger partial charge in [-0.3, -0.25) is 9.79 Å². The summed E-state index contributed by atoms with van der Waals surface area (Å²) in [5.41, 5.74) is 6.33. The molecule has 0 unspecified atom stereocenters. The Morgan fingerprint density at radius 3 is 2.47 bits per heavy atom. The van der Waals surface area contributed by atoms with Crippen LogP contribution in [0.1, 0.15) is 46.3 Å². The average Bonchev–Trinajstić information content (AvgIpc) is 2.69. The first-order valence-corrected chi connectivity index (χ1v) is 9.74. The van der Waals surface area contributed by atoms with E-state index in [4.69, 9.17) is 5.73 Å². The molecule has 1 aliphatic carbocycles. The number of benzene rings is 2. The van der Waals surface area contributed by atoms with Gasteiger partial charge in [-0.2, -0.15) is 13.2 Å². The molecule has 3 rings (SSSR count). The smallest absolute Gasteiger partial charge is 0.366 e. The summed E-state index contributed by atoms with van der Waals surface area (Å²) in [5, 5.41) is 6.41. The van der Waals surface area contributed by atoms with Gasteiger partial charge >= 0.3 is 6.18 Å². The third-order valence-electron chi connectivity index (χ3n) is 5.60. The third kappa shape index (κ3) is 4.93. The predicted molar refractivity (Wildman–Crippen MR) is 110 cm³/mol. The molecule has 1 fully saturated rings. The fourth-order valence-electron chi connectivity index (χ4n) is 3.69. The maximum absolute atomic E-state index is 13.1. The van der Waals surface area contributed by atoms with Crippen molar-refractivity contribution >= 4 is 11.9 Å². The molecule has 5 nitrogen and oxygen atoms in total. The zero-order valence-electron chi connectivity index (χ0n) is 16.7. The van der Waals surface area contributed by atoms with Crippen molar-refractivity contribution in [2.24, 2.45) is 10.7 Å². The minimum atomic E-state index is -4.36. The molecule has 0 aromatic heterocycles. The fourth-order valence-corrected chi connectivity index (χ4v) is 3.69. The molecule has 0 spiro atoms. The number of carbonyl (C=O) groups is 1. The number of halogens is 3. The molecule has 0 saturated heterocycles. The first-order valence-electron chi connectivity index (χ1n) is 9.74. The highest BCUT2D eigenvalue weighted by Crippen LogP contribution is 2.44. The van der Waals surface area contributed by atoms with Gasteiger partial charge in [-0.25, -0.2) is 0 Å². The standard InChI is InChI=1S/C22H25F3N4O/c1-27-20(28-13-15-5-2-6-16(11-15)19(26)30)29-14-21(9-4-10-21)17-7-3-8-18(12-17)22(23,24)25/h2-3,5-8,11-12H,4,9-10,13-14H2,1H3,(H2,26,30)(H2,27,28,29). The molecule has 1 amide bonds. The second kappa shape index (κ2) is 8.77. The number of primary amides is 1. The van der Waals surface area contributed by atoms with E-state index in [1.165, 1.54) is 12.1 Å². The topological polar surface area (TPSA) is 79.5 Å². The lowest BCUT2D eigenvalue weighted by molar-refractivity contribution is -0.137. The molecule has 1 saturated carbocycles. The van der Waals surface area contributed by atoms with E-state index >= 15 is 0 Å². The Bertz CT molecular complexity index is 936. The highest BCUT2D eigenvalue weighted by atomic mass is 19.4. The number of nitrogens with zero attached hydrogens (tertiary/aromatic N) is 1. The quantitative estimate of drug-likeness (QED) is 0.496. The van der Waals surface area contributed by atoms with Crippen molar-refractivity contribution in [3.8, 4) is 0 Å². The molecule has 0 heterocycles. The molecule has 2 aromatic rings. The number of nitrogens with one attached hydrogen (secondary N) is 2. The first kappa shape index (κ1) is 21.7. The van der Waals surface area contributed by atoms with Crippen LogP contribution >= 0.6 is 0 Å². The molecule has 2 aromatic carbocycles. The van der Waals surface area contributed by atoms with E-state index in [1.54, 1.807) is 31.3 Å². The number of hydrogen-bond acceptors (Lipinski definition) is 2. The molecular formula is C22H25F3N4O. The van der Waals surface area contributed by atoms with Gasteiger partial charge in [0.25, 0.3) is 0 Å². The van der Waals surface area contributed by atoms with Gasteiger partial charge in [-0.05, 0) is 42.2 Å². The van der Waals surface area contributed by atoms with Crippen molar-refractivity contribution in [1.82, 2.24) is 10.6 Å². The van der Waals surface area contributed by atoms with E-state index in [2.05, 4.69) is 15.6 Å². The van der Waals surface area contributed by atoms with Crippen molar-refractivity contribution in [2.75, 3.05) is 13.6 Å². The molecule has 0 bridgehead atoms. The van der Waals surface area contributed by atoms with Crippen LogP contribution in [0, 0.1) is 0 Å². The minimum absolute atomic E-state index is 0.342. The number of carbonyl (C=O) groups excluding carboxylic acids is 1. The Kier molecular flexibility index (Phi) is 6.34. The van der Waals surface area contributed by atoms with Gasteiger partial charge in [0.1, 0.15) is 0 Å². The van der Waals surface area contributed by atoms with Gasteiger partial charge in [0, 0.05) is 31.1 Å². The number of alkyl halides is 3. The van der Waals surface area contributed by atoms with Crippen molar-refractivity contribution < 1.29 is 18.0 Å². The summed E-state index contributed by atoms with van der Waals surface area (Å²) in [6.45, 7) is 0.909. The monoisotopic (exact) mass is 418 g/mol. The van der Waals surface area contributed by atoms with Crippen LogP contribution in [-0.2, 0) is 18.1 Å². The van der Waals surface area contributed by atoms with Gasteiger partial charge in [-0.1, -0.05) is 36.8 Å². The van der Waals surface area contributed by atoms with Crippen molar-refractivity contribution in [3.63, 3.8) is 0 Å². The maximum Gasteiger partial charge on any atom is 0.416 e. The highest BCUT2D eigenvalue weighted by molar-refractivity contribution is 5.92. The van der Waals surface area contributed by atoms with E-state index in [0.29, 0.717) is 30.2 Å². The minimum Gasteiger partial charge on any atom is -0.366 e. The SMILES string of the molecule is CN=C(NCc1cccc(C(N)=O)c1)NCC1(c2cccc(C(F)(F)F)c2)CCC1. The molecule has 160 valence electrons. The Labute approximate surface area is 173 Å². The third-order valence-corrected chi connectivity index (χ3v) is 5.60. The van der Waals surface area contributed by atoms with Gasteiger partial charge in [0.05, 0.1) is 5.56 Å². The summed E-state index contributed by atoms with van der Waals surface area (Å²) < 4.78 is 39.3. The number of guanidine groups is 1. The molecule has 0 atom stereocenters. The molecule has 4 N–H and O–H groups in total. The summed E-state index contributed by atoms with van der Waals surface area (Å²) in [4.78, 5) is 15.5. The molecule has 8 heteroatoms. The van der Waals surface area contributed by atoms with Crippen LogP contribution in [0.25, 0.3) is 0 Å². The second-order valence-electron chi connectivity index (χ2n) is 7.56. The molecule has 1 aliphatic rings. The van der Waals surface area contributed by atoms with Crippen LogP contribution in [0.15, 0.2) is 53.5 Å².